The maximum Gasteiger partial charge on any atom is 0.305 e. The number of aryl methyl sites for hydroxylation is 3. The van der Waals surface area contributed by atoms with Crippen molar-refractivity contribution in [2.45, 2.75) is 13.8 Å². The molecule has 1 aromatic heterocycles. The number of ether oxygens (including phenoxy) is 1. The van der Waals surface area contributed by atoms with Crippen molar-refractivity contribution < 1.29 is 4.74 Å². The van der Waals surface area contributed by atoms with Gasteiger partial charge in [0, 0.05) is 7.05 Å². The zero-order valence-corrected chi connectivity index (χ0v) is 12.3. The number of nitrogens with zero attached hydrogens (tertiary/aromatic N) is 2. The first-order chi connectivity index (χ1) is 10.1. The third-order valence-electron chi connectivity index (χ3n) is 3.58. The molecule has 0 amide bonds. The molecule has 3 aromatic rings. The predicted octanol–water partition coefficient (Wildman–Crippen LogP) is 3.34. The zero-order valence-electron chi connectivity index (χ0n) is 12.3. The van der Waals surface area contributed by atoms with Gasteiger partial charge >= 0.3 is 6.01 Å². The molecular formula is C17H16N2O2. The lowest BCUT2D eigenvalue weighted by atomic mass is 10.1. The molecule has 0 bridgehead atoms. The van der Waals surface area contributed by atoms with Crippen LogP contribution in [0.25, 0.3) is 10.9 Å². The molecular weight excluding hydrogens is 264 g/mol. The molecule has 0 spiro atoms. The van der Waals surface area contributed by atoms with Gasteiger partial charge in [0.1, 0.15) is 5.75 Å². The van der Waals surface area contributed by atoms with E-state index in [1.807, 2.05) is 57.3 Å². The standard InChI is InChI=1S/C17H16N2O2/c1-11-7-6-8-12(2)15(11)21-17-18-16(20)13-9-4-5-10-14(13)19(17)3/h4-10H,1-3H3. The van der Waals surface area contributed by atoms with Gasteiger partial charge in [-0.3, -0.25) is 9.36 Å². The summed E-state index contributed by atoms with van der Waals surface area (Å²) in [7, 11) is 1.84. The third-order valence-corrected chi connectivity index (χ3v) is 3.58. The lowest BCUT2D eigenvalue weighted by Crippen LogP contribution is -2.14. The summed E-state index contributed by atoms with van der Waals surface area (Å²) in [6.07, 6.45) is 0. The Morgan fingerprint density at radius 1 is 1.00 bits per heavy atom. The molecule has 1 heterocycles. The van der Waals surface area contributed by atoms with Crippen molar-refractivity contribution in [2.75, 3.05) is 0 Å². The van der Waals surface area contributed by atoms with Gasteiger partial charge in [-0.1, -0.05) is 30.3 Å². The first kappa shape index (κ1) is 13.4. The smallest absolute Gasteiger partial charge is 0.305 e. The Labute approximate surface area is 122 Å². The van der Waals surface area contributed by atoms with E-state index in [1.165, 1.54) is 0 Å². The average molecular weight is 280 g/mol. The Bertz CT molecular complexity index is 861. The molecule has 0 saturated carbocycles. The molecule has 0 unspecified atom stereocenters. The van der Waals surface area contributed by atoms with Gasteiger partial charge in [0.05, 0.1) is 10.9 Å². The van der Waals surface area contributed by atoms with E-state index in [1.54, 1.807) is 10.6 Å². The fourth-order valence-electron chi connectivity index (χ4n) is 2.41. The first-order valence-corrected chi connectivity index (χ1v) is 6.78. The van der Waals surface area contributed by atoms with Gasteiger partial charge in [0.2, 0.25) is 0 Å². The Kier molecular flexibility index (Phi) is 3.22. The van der Waals surface area contributed by atoms with E-state index in [2.05, 4.69) is 4.98 Å². The average Bonchev–Trinajstić information content (AvgIpc) is 2.48. The van der Waals surface area contributed by atoms with Crippen LogP contribution in [0.2, 0.25) is 0 Å². The minimum absolute atomic E-state index is 0.273. The van der Waals surface area contributed by atoms with E-state index in [4.69, 9.17) is 4.74 Å². The van der Waals surface area contributed by atoms with Crippen LogP contribution in [0.3, 0.4) is 0 Å². The molecule has 0 atom stereocenters. The normalized spacial score (nSPS) is 10.8. The number of rotatable bonds is 2. The summed E-state index contributed by atoms with van der Waals surface area (Å²) in [5, 5.41) is 0.592. The fourth-order valence-corrected chi connectivity index (χ4v) is 2.41. The Morgan fingerprint density at radius 2 is 1.67 bits per heavy atom. The highest BCUT2D eigenvalue weighted by molar-refractivity contribution is 5.78. The molecule has 0 N–H and O–H groups in total. The van der Waals surface area contributed by atoms with Gasteiger partial charge in [-0.25, -0.2) is 0 Å². The summed E-state index contributed by atoms with van der Waals surface area (Å²) < 4.78 is 7.71. The van der Waals surface area contributed by atoms with Gasteiger partial charge in [-0.05, 0) is 37.1 Å². The van der Waals surface area contributed by atoms with Crippen molar-refractivity contribution in [3.05, 3.63) is 63.9 Å². The zero-order chi connectivity index (χ0) is 15.0. The predicted molar refractivity (Wildman–Crippen MR) is 83.0 cm³/mol. The van der Waals surface area contributed by atoms with Gasteiger partial charge in [-0.15, -0.1) is 0 Å². The second-order valence-corrected chi connectivity index (χ2v) is 5.10. The van der Waals surface area contributed by atoms with E-state index in [-0.39, 0.29) is 5.56 Å². The Balaban J connectivity index is 2.18. The topological polar surface area (TPSA) is 44.1 Å². The summed E-state index contributed by atoms with van der Waals surface area (Å²) in [4.78, 5) is 16.2. The van der Waals surface area contributed by atoms with Crippen LogP contribution in [0, 0.1) is 13.8 Å². The van der Waals surface area contributed by atoms with E-state index < -0.39 is 0 Å². The number of benzene rings is 2. The SMILES string of the molecule is Cc1cccc(C)c1Oc1nc(=O)c2ccccc2n1C. The van der Waals surface area contributed by atoms with Crippen molar-refractivity contribution in [3.63, 3.8) is 0 Å². The van der Waals surface area contributed by atoms with Gasteiger partial charge < -0.3 is 4.74 Å². The van der Waals surface area contributed by atoms with Crippen molar-refractivity contribution in [3.8, 4) is 11.8 Å². The van der Waals surface area contributed by atoms with Crippen molar-refractivity contribution in [2.24, 2.45) is 7.05 Å². The summed E-state index contributed by atoms with van der Waals surface area (Å²) in [6, 6.07) is 13.6. The minimum Gasteiger partial charge on any atom is -0.425 e. The van der Waals surface area contributed by atoms with E-state index in [0.29, 0.717) is 11.4 Å². The lowest BCUT2D eigenvalue weighted by molar-refractivity contribution is 0.414. The second-order valence-electron chi connectivity index (χ2n) is 5.10. The van der Waals surface area contributed by atoms with E-state index in [0.717, 1.165) is 22.4 Å². The molecule has 0 aliphatic heterocycles. The summed E-state index contributed by atoms with van der Waals surface area (Å²) in [5.41, 5.74) is 2.55. The Morgan fingerprint density at radius 3 is 2.38 bits per heavy atom. The van der Waals surface area contributed by atoms with Crippen molar-refractivity contribution in [1.82, 2.24) is 9.55 Å². The quantitative estimate of drug-likeness (QED) is 0.723. The van der Waals surface area contributed by atoms with E-state index in [9.17, 15) is 4.79 Å². The summed E-state index contributed by atoms with van der Waals surface area (Å²) in [5.74, 6) is 0.746. The van der Waals surface area contributed by atoms with Crippen LogP contribution in [-0.4, -0.2) is 9.55 Å². The number of para-hydroxylation sites is 2. The number of hydrogen-bond donors (Lipinski definition) is 0. The molecule has 21 heavy (non-hydrogen) atoms. The molecule has 4 heteroatoms. The molecule has 0 aliphatic rings. The van der Waals surface area contributed by atoms with Crippen LogP contribution >= 0.6 is 0 Å². The monoisotopic (exact) mass is 280 g/mol. The lowest BCUT2D eigenvalue weighted by Gasteiger charge is -2.14. The minimum atomic E-state index is -0.273. The molecule has 4 nitrogen and oxygen atoms in total. The first-order valence-electron chi connectivity index (χ1n) is 6.78. The molecule has 106 valence electrons. The van der Waals surface area contributed by atoms with Gasteiger partial charge in [0.25, 0.3) is 5.56 Å². The highest BCUT2D eigenvalue weighted by Gasteiger charge is 2.12. The molecule has 3 rings (SSSR count). The summed E-state index contributed by atoms with van der Waals surface area (Å²) >= 11 is 0. The van der Waals surface area contributed by atoms with Crippen molar-refractivity contribution in [1.29, 1.82) is 0 Å². The van der Waals surface area contributed by atoms with Crippen LogP contribution in [0.5, 0.6) is 11.8 Å². The molecule has 0 saturated heterocycles. The summed E-state index contributed by atoms with van der Waals surface area (Å²) in [6.45, 7) is 3.95. The number of hydrogen-bond acceptors (Lipinski definition) is 3. The van der Waals surface area contributed by atoms with E-state index >= 15 is 0 Å². The fraction of sp³-hybridized carbons (Fsp3) is 0.176. The van der Waals surface area contributed by atoms with Crippen LogP contribution in [0.15, 0.2) is 47.3 Å². The highest BCUT2D eigenvalue weighted by atomic mass is 16.5. The molecule has 0 radical (unpaired) electrons. The maximum atomic E-state index is 12.1. The van der Waals surface area contributed by atoms with Crippen molar-refractivity contribution >= 4 is 10.9 Å². The van der Waals surface area contributed by atoms with Crippen LogP contribution in [0.1, 0.15) is 11.1 Å². The second kappa shape index (κ2) is 5.05. The van der Waals surface area contributed by atoms with Gasteiger partial charge in [-0.2, -0.15) is 4.98 Å². The Hall–Kier alpha value is -2.62. The van der Waals surface area contributed by atoms with Gasteiger partial charge in [0.15, 0.2) is 0 Å². The third kappa shape index (κ3) is 2.29. The largest absolute Gasteiger partial charge is 0.425 e. The molecule has 0 fully saturated rings. The highest BCUT2D eigenvalue weighted by Crippen LogP contribution is 2.27. The van der Waals surface area contributed by atoms with Crippen LogP contribution in [0.4, 0.5) is 0 Å². The van der Waals surface area contributed by atoms with Crippen LogP contribution < -0.4 is 10.3 Å². The number of aromatic nitrogens is 2. The number of fused-ring (bicyclic) bond motifs is 1. The maximum absolute atomic E-state index is 12.1. The molecule has 0 aliphatic carbocycles. The molecule has 2 aromatic carbocycles. The van der Waals surface area contributed by atoms with Crippen LogP contribution in [-0.2, 0) is 7.05 Å².